The highest BCUT2D eigenvalue weighted by Crippen LogP contribution is 2.23. The van der Waals surface area contributed by atoms with Crippen LogP contribution in [0.4, 0.5) is 4.39 Å². The second-order valence-electron chi connectivity index (χ2n) is 5.47. The SMILES string of the molecule is CC(C)(C)NC(=O)CSc1nnc(-c2ccc(F)cc2)o1. The van der Waals surface area contributed by atoms with Crippen LogP contribution >= 0.6 is 11.8 Å². The number of hydrogen-bond donors (Lipinski definition) is 1. The normalized spacial score (nSPS) is 11.4. The summed E-state index contributed by atoms with van der Waals surface area (Å²) in [6, 6.07) is 5.76. The molecule has 0 bridgehead atoms. The van der Waals surface area contributed by atoms with Crippen LogP contribution in [-0.4, -0.2) is 27.4 Å². The summed E-state index contributed by atoms with van der Waals surface area (Å²) in [5.41, 5.74) is 0.362. The van der Waals surface area contributed by atoms with Gasteiger partial charge in [0.25, 0.3) is 5.22 Å². The Bertz CT molecular complexity index is 620. The van der Waals surface area contributed by atoms with Crippen LogP contribution in [-0.2, 0) is 4.79 Å². The van der Waals surface area contributed by atoms with Gasteiger partial charge in [-0.05, 0) is 45.0 Å². The summed E-state index contributed by atoms with van der Waals surface area (Å²) in [6.45, 7) is 5.73. The van der Waals surface area contributed by atoms with Gasteiger partial charge >= 0.3 is 0 Å². The third-order valence-electron chi connectivity index (χ3n) is 2.34. The second kappa shape index (κ2) is 6.26. The minimum atomic E-state index is -0.327. The van der Waals surface area contributed by atoms with Crippen molar-refractivity contribution in [3.8, 4) is 11.5 Å². The fourth-order valence-electron chi connectivity index (χ4n) is 1.56. The summed E-state index contributed by atoms with van der Waals surface area (Å²) in [4.78, 5) is 11.7. The molecule has 21 heavy (non-hydrogen) atoms. The highest BCUT2D eigenvalue weighted by molar-refractivity contribution is 7.99. The Labute approximate surface area is 126 Å². The third kappa shape index (κ3) is 4.86. The number of halogens is 1. The molecule has 0 saturated carbocycles. The van der Waals surface area contributed by atoms with Crippen molar-refractivity contribution in [2.45, 2.75) is 31.5 Å². The first-order chi connectivity index (χ1) is 9.83. The lowest BCUT2D eigenvalue weighted by molar-refractivity contribution is -0.119. The Morgan fingerprint density at radius 2 is 1.95 bits per heavy atom. The number of carbonyl (C=O) groups is 1. The fourth-order valence-corrected chi connectivity index (χ4v) is 2.12. The van der Waals surface area contributed by atoms with Gasteiger partial charge in [-0.25, -0.2) is 4.39 Å². The predicted molar refractivity (Wildman–Crippen MR) is 78.3 cm³/mol. The average Bonchev–Trinajstić information content (AvgIpc) is 2.84. The van der Waals surface area contributed by atoms with E-state index >= 15 is 0 Å². The van der Waals surface area contributed by atoms with Crippen molar-refractivity contribution < 1.29 is 13.6 Å². The maximum absolute atomic E-state index is 12.8. The van der Waals surface area contributed by atoms with Gasteiger partial charge in [0.05, 0.1) is 5.75 Å². The third-order valence-corrected chi connectivity index (χ3v) is 3.16. The quantitative estimate of drug-likeness (QED) is 0.880. The number of rotatable bonds is 4. The molecule has 1 N–H and O–H groups in total. The Kier molecular flexibility index (Phi) is 4.62. The molecule has 0 unspecified atom stereocenters. The minimum absolute atomic E-state index is 0.103. The molecule has 0 radical (unpaired) electrons. The van der Waals surface area contributed by atoms with Crippen LogP contribution in [0.5, 0.6) is 0 Å². The molecule has 2 rings (SSSR count). The first-order valence-corrected chi connectivity index (χ1v) is 7.35. The van der Waals surface area contributed by atoms with E-state index < -0.39 is 0 Å². The lowest BCUT2D eigenvalue weighted by Gasteiger charge is -2.19. The molecule has 0 saturated heterocycles. The van der Waals surface area contributed by atoms with E-state index in [0.717, 1.165) is 11.8 Å². The van der Waals surface area contributed by atoms with Gasteiger partial charge in [-0.2, -0.15) is 0 Å². The molecule has 112 valence electrons. The largest absolute Gasteiger partial charge is 0.411 e. The number of amides is 1. The van der Waals surface area contributed by atoms with Crippen molar-refractivity contribution in [2.24, 2.45) is 0 Å². The summed E-state index contributed by atoms with van der Waals surface area (Å²) >= 11 is 1.16. The van der Waals surface area contributed by atoms with Crippen LogP contribution < -0.4 is 5.32 Å². The number of aromatic nitrogens is 2. The molecule has 2 aromatic rings. The summed E-state index contributed by atoms with van der Waals surface area (Å²) in [7, 11) is 0. The van der Waals surface area contributed by atoms with Crippen LogP contribution in [0.15, 0.2) is 33.9 Å². The second-order valence-corrected chi connectivity index (χ2v) is 6.39. The fraction of sp³-hybridized carbons (Fsp3) is 0.357. The van der Waals surface area contributed by atoms with E-state index in [1.54, 1.807) is 12.1 Å². The van der Waals surface area contributed by atoms with Gasteiger partial charge in [-0.15, -0.1) is 10.2 Å². The number of thioether (sulfide) groups is 1. The number of hydrogen-bond acceptors (Lipinski definition) is 5. The lowest BCUT2D eigenvalue weighted by atomic mass is 10.1. The molecule has 7 heteroatoms. The molecule has 1 aromatic heterocycles. The van der Waals surface area contributed by atoms with Gasteiger partial charge < -0.3 is 9.73 Å². The van der Waals surface area contributed by atoms with Gasteiger partial charge in [0.15, 0.2) is 0 Å². The number of nitrogens with one attached hydrogen (secondary N) is 1. The van der Waals surface area contributed by atoms with Gasteiger partial charge in [0.1, 0.15) is 5.82 Å². The average molecular weight is 309 g/mol. The Morgan fingerprint density at radius 1 is 1.29 bits per heavy atom. The molecule has 0 atom stereocenters. The van der Waals surface area contributed by atoms with Crippen LogP contribution in [0, 0.1) is 5.82 Å². The lowest BCUT2D eigenvalue weighted by Crippen LogP contribution is -2.41. The number of nitrogens with zero attached hydrogens (tertiary/aromatic N) is 2. The van der Waals surface area contributed by atoms with Gasteiger partial charge in [-0.1, -0.05) is 11.8 Å². The van der Waals surface area contributed by atoms with Crippen molar-refractivity contribution in [1.29, 1.82) is 0 Å². The summed E-state index contributed by atoms with van der Waals surface area (Å²) in [5.74, 6) is 0.0666. The van der Waals surface area contributed by atoms with Crippen LogP contribution in [0.1, 0.15) is 20.8 Å². The van der Waals surface area contributed by atoms with E-state index in [1.165, 1.54) is 12.1 Å². The van der Waals surface area contributed by atoms with Gasteiger partial charge in [-0.3, -0.25) is 4.79 Å². The molecule has 0 fully saturated rings. The minimum Gasteiger partial charge on any atom is -0.411 e. The van der Waals surface area contributed by atoms with Crippen molar-refractivity contribution in [3.63, 3.8) is 0 Å². The molecule has 0 aliphatic heterocycles. The van der Waals surface area contributed by atoms with Crippen LogP contribution in [0.3, 0.4) is 0 Å². The maximum atomic E-state index is 12.8. The van der Waals surface area contributed by atoms with Crippen molar-refractivity contribution in [2.75, 3.05) is 5.75 Å². The molecular formula is C14H16FN3O2S. The number of carbonyl (C=O) groups excluding carboxylic acids is 1. The standard InChI is InChI=1S/C14H16FN3O2S/c1-14(2,3)16-11(19)8-21-13-18-17-12(20-13)9-4-6-10(15)7-5-9/h4-7H,8H2,1-3H3,(H,16,19). The molecular weight excluding hydrogens is 293 g/mol. The van der Waals surface area contributed by atoms with Gasteiger partial charge in [0.2, 0.25) is 11.8 Å². The summed E-state index contributed by atoms with van der Waals surface area (Å²) in [6.07, 6.45) is 0. The monoisotopic (exact) mass is 309 g/mol. The van der Waals surface area contributed by atoms with Gasteiger partial charge in [0, 0.05) is 11.1 Å². The van der Waals surface area contributed by atoms with E-state index in [9.17, 15) is 9.18 Å². The van der Waals surface area contributed by atoms with E-state index in [4.69, 9.17) is 4.42 Å². The first kappa shape index (κ1) is 15.5. The van der Waals surface area contributed by atoms with Crippen molar-refractivity contribution >= 4 is 17.7 Å². The smallest absolute Gasteiger partial charge is 0.277 e. The zero-order valence-corrected chi connectivity index (χ0v) is 12.8. The topological polar surface area (TPSA) is 68.0 Å². The summed E-state index contributed by atoms with van der Waals surface area (Å²) < 4.78 is 18.3. The molecule has 0 aliphatic rings. The van der Waals surface area contributed by atoms with Crippen LogP contribution in [0.25, 0.3) is 11.5 Å². The zero-order valence-electron chi connectivity index (χ0n) is 12.0. The first-order valence-electron chi connectivity index (χ1n) is 6.37. The Morgan fingerprint density at radius 3 is 2.57 bits per heavy atom. The molecule has 0 spiro atoms. The zero-order chi connectivity index (χ0) is 15.5. The highest BCUT2D eigenvalue weighted by atomic mass is 32.2. The molecule has 0 aliphatic carbocycles. The summed E-state index contributed by atoms with van der Waals surface area (Å²) in [5, 5.41) is 10.9. The molecule has 5 nitrogen and oxygen atoms in total. The molecule has 1 aromatic carbocycles. The maximum Gasteiger partial charge on any atom is 0.277 e. The van der Waals surface area contributed by atoms with Crippen molar-refractivity contribution in [1.82, 2.24) is 15.5 Å². The van der Waals surface area contributed by atoms with Crippen LogP contribution in [0.2, 0.25) is 0 Å². The predicted octanol–water partition coefficient (Wildman–Crippen LogP) is 2.88. The van der Waals surface area contributed by atoms with E-state index in [0.29, 0.717) is 16.7 Å². The molecule has 1 heterocycles. The highest BCUT2D eigenvalue weighted by Gasteiger charge is 2.15. The van der Waals surface area contributed by atoms with E-state index in [1.807, 2.05) is 20.8 Å². The van der Waals surface area contributed by atoms with E-state index in [-0.39, 0.29) is 23.0 Å². The number of benzene rings is 1. The molecule has 1 amide bonds. The Hall–Kier alpha value is -1.89. The van der Waals surface area contributed by atoms with Crippen molar-refractivity contribution in [3.05, 3.63) is 30.1 Å². The Balaban J connectivity index is 1.94. The van der Waals surface area contributed by atoms with E-state index in [2.05, 4.69) is 15.5 Å².